The van der Waals surface area contributed by atoms with E-state index in [0.717, 1.165) is 0 Å². The Labute approximate surface area is 119 Å². The van der Waals surface area contributed by atoms with Crippen LogP contribution in [0.5, 0.6) is 0 Å². The number of nitrogens with one attached hydrogen (secondary N) is 2. The smallest absolute Gasteiger partial charge is 0.408 e. The first-order valence-electron chi connectivity index (χ1n) is 5.95. The van der Waals surface area contributed by atoms with E-state index in [1.807, 2.05) is 0 Å². The van der Waals surface area contributed by atoms with Crippen LogP contribution in [0.1, 0.15) is 0 Å². The molecule has 4 N–H and O–H groups in total. The van der Waals surface area contributed by atoms with Gasteiger partial charge in [-0.2, -0.15) is 0 Å². The summed E-state index contributed by atoms with van der Waals surface area (Å²) >= 11 is 0. The number of benzene rings is 2. The largest absolute Gasteiger partial charge is 0.417 e. The Kier molecular flexibility index (Phi) is 2.95. The highest BCUT2D eigenvalue weighted by Crippen LogP contribution is 2.20. The number of H-pyrrole nitrogens is 1. The van der Waals surface area contributed by atoms with E-state index in [1.54, 1.807) is 0 Å². The maximum atomic E-state index is 12.2. The number of aromatic amines is 1. The fourth-order valence-electron chi connectivity index (χ4n) is 1.88. The quantitative estimate of drug-likeness (QED) is 0.634. The number of sulfonamides is 1. The molecule has 108 valence electrons. The van der Waals surface area contributed by atoms with Gasteiger partial charge in [-0.15, -0.1) is 0 Å². The average Bonchev–Trinajstić information content (AvgIpc) is 2.78. The Morgan fingerprint density at radius 1 is 1.10 bits per heavy atom. The molecule has 0 spiro atoms. The molecule has 0 saturated carbocycles. The Hall–Kier alpha value is -2.74. The molecule has 21 heavy (non-hydrogen) atoms. The van der Waals surface area contributed by atoms with Crippen molar-refractivity contribution in [2.75, 3.05) is 10.5 Å². The molecule has 1 aromatic heterocycles. The van der Waals surface area contributed by atoms with Gasteiger partial charge < -0.3 is 10.2 Å². The van der Waals surface area contributed by atoms with Gasteiger partial charge in [-0.3, -0.25) is 9.71 Å². The van der Waals surface area contributed by atoms with E-state index < -0.39 is 15.8 Å². The Bertz CT molecular complexity index is 955. The van der Waals surface area contributed by atoms with Crippen LogP contribution in [0.15, 0.2) is 56.6 Å². The first-order chi connectivity index (χ1) is 9.94. The Balaban J connectivity index is 1.96. The van der Waals surface area contributed by atoms with Gasteiger partial charge in [0.15, 0.2) is 5.58 Å². The molecule has 0 bridgehead atoms. The minimum Gasteiger partial charge on any atom is -0.408 e. The van der Waals surface area contributed by atoms with Crippen molar-refractivity contribution in [2.45, 2.75) is 4.90 Å². The van der Waals surface area contributed by atoms with Crippen molar-refractivity contribution in [1.82, 2.24) is 4.98 Å². The summed E-state index contributed by atoms with van der Waals surface area (Å²) in [5.41, 5.74) is 7.09. The zero-order chi connectivity index (χ0) is 15.0. The summed E-state index contributed by atoms with van der Waals surface area (Å²) in [6.07, 6.45) is 0. The zero-order valence-electron chi connectivity index (χ0n) is 10.7. The number of rotatable bonds is 3. The summed E-state index contributed by atoms with van der Waals surface area (Å²) in [6.45, 7) is 0. The van der Waals surface area contributed by atoms with Gasteiger partial charge in [0.1, 0.15) is 0 Å². The number of nitrogens with two attached hydrogens (primary N) is 1. The molecule has 0 atom stereocenters. The molecule has 0 fully saturated rings. The highest BCUT2D eigenvalue weighted by atomic mass is 32.2. The van der Waals surface area contributed by atoms with Gasteiger partial charge in [-0.25, -0.2) is 13.2 Å². The molecule has 0 saturated heterocycles. The van der Waals surface area contributed by atoms with E-state index in [-0.39, 0.29) is 4.90 Å². The molecule has 0 aliphatic rings. The van der Waals surface area contributed by atoms with Crippen LogP contribution in [0.25, 0.3) is 11.1 Å². The number of hydrogen-bond acceptors (Lipinski definition) is 5. The number of hydrogen-bond donors (Lipinski definition) is 3. The number of fused-ring (bicyclic) bond motifs is 1. The van der Waals surface area contributed by atoms with E-state index in [1.165, 1.54) is 42.5 Å². The first-order valence-corrected chi connectivity index (χ1v) is 7.44. The van der Waals surface area contributed by atoms with E-state index in [9.17, 15) is 13.2 Å². The third-order valence-electron chi connectivity index (χ3n) is 2.86. The summed E-state index contributed by atoms with van der Waals surface area (Å²) in [5, 5.41) is 0. The van der Waals surface area contributed by atoms with Gasteiger partial charge in [-0.1, -0.05) is 0 Å². The number of aromatic nitrogens is 1. The lowest BCUT2D eigenvalue weighted by atomic mass is 10.3. The molecule has 2 aromatic carbocycles. The van der Waals surface area contributed by atoms with Crippen LogP contribution in [0.4, 0.5) is 11.4 Å². The van der Waals surface area contributed by atoms with Crippen LogP contribution >= 0.6 is 0 Å². The number of anilines is 2. The van der Waals surface area contributed by atoms with Crippen molar-refractivity contribution in [3.05, 3.63) is 53.0 Å². The fourth-order valence-corrected chi connectivity index (χ4v) is 2.93. The second-order valence-corrected chi connectivity index (χ2v) is 6.08. The van der Waals surface area contributed by atoms with Gasteiger partial charge in [0, 0.05) is 5.69 Å². The molecule has 8 heteroatoms. The average molecular weight is 305 g/mol. The molecule has 0 aliphatic carbocycles. The van der Waals surface area contributed by atoms with Gasteiger partial charge in [0.25, 0.3) is 10.0 Å². The van der Waals surface area contributed by atoms with Crippen molar-refractivity contribution in [3.8, 4) is 0 Å². The molecule has 0 radical (unpaired) electrons. The normalized spacial score (nSPS) is 11.6. The van der Waals surface area contributed by atoms with Gasteiger partial charge >= 0.3 is 5.76 Å². The summed E-state index contributed by atoms with van der Waals surface area (Å²) in [6, 6.07) is 10.3. The highest BCUT2D eigenvalue weighted by molar-refractivity contribution is 7.92. The third-order valence-corrected chi connectivity index (χ3v) is 4.26. The van der Waals surface area contributed by atoms with Crippen LogP contribution in [0.3, 0.4) is 0 Å². The van der Waals surface area contributed by atoms with Crippen molar-refractivity contribution < 1.29 is 12.8 Å². The molecule has 1 heterocycles. The van der Waals surface area contributed by atoms with Crippen molar-refractivity contribution in [2.24, 2.45) is 0 Å². The highest BCUT2D eigenvalue weighted by Gasteiger charge is 2.14. The predicted molar refractivity (Wildman–Crippen MR) is 78.5 cm³/mol. The maximum Gasteiger partial charge on any atom is 0.417 e. The third kappa shape index (κ3) is 2.61. The second kappa shape index (κ2) is 4.67. The van der Waals surface area contributed by atoms with E-state index in [4.69, 9.17) is 10.2 Å². The van der Waals surface area contributed by atoms with Gasteiger partial charge in [0.2, 0.25) is 0 Å². The standard InChI is InChI=1S/C13H11N3O4S/c14-8-1-4-10(5-2-8)21(18,19)16-9-3-6-12-11(7-9)15-13(17)20-12/h1-7,16H,14H2,(H,15,17). The summed E-state index contributed by atoms with van der Waals surface area (Å²) < 4.78 is 31.7. The molecular formula is C13H11N3O4S. The summed E-state index contributed by atoms with van der Waals surface area (Å²) in [4.78, 5) is 13.6. The van der Waals surface area contributed by atoms with Crippen LogP contribution in [-0.4, -0.2) is 13.4 Å². The monoisotopic (exact) mass is 305 g/mol. The van der Waals surface area contributed by atoms with Crippen LogP contribution in [0.2, 0.25) is 0 Å². The zero-order valence-corrected chi connectivity index (χ0v) is 11.5. The molecule has 0 amide bonds. The lowest BCUT2D eigenvalue weighted by Gasteiger charge is -2.08. The number of oxazole rings is 1. The Morgan fingerprint density at radius 2 is 1.81 bits per heavy atom. The van der Waals surface area contributed by atoms with Crippen LogP contribution < -0.4 is 16.2 Å². The van der Waals surface area contributed by atoms with Crippen LogP contribution in [-0.2, 0) is 10.0 Å². The van der Waals surface area contributed by atoms with Crippen LogP contribution in [0, 0.1) is 0 Å². The van der Waals surface area contributed by atoms with Gasteiger partial charge in [-0.05, 0) is 42.5 Å². The second-order valence-electron chi connectivity index (χ2n) is 4.40. The number of nitrogen functional groups attached to an aromatic ring is 1. The molecule has 0 aliphatic heterocycles. The van der Waals surface area contributed by atoms with Gasteiger partial charge in [0.05, 0.1) is 16.1 Å². The van der Waals surface area contributed by atoms with Crippen molar-refractivity contribution in [3.63, 3.8) is 0 Å². The van der Waals surface area contributed by atoms with Crippen molar-refractivity contribution in [1.29, 1.82) is 0 Å². The lowest BCUT2D eigenvalue weighted by molar-refractivity contribution is 0.555. The maximum absolute atomic E-state index is 12.2. The minimum atomic E-state index is -3.72. The first kappa shape index (κ1) is 13.3. The van der Waals surface area contributed by atoms with E-state index in [0.29, 0.717) is 22.5 Å². The van der Waals surface area contributed by atoms with E-state index in [2.05, 4.69) is 9.71 Å². The molecule has 0 unspecified atom stereocenters. The Morgan fingerprint density at radius 3 is 2.52 bits per heavy atom. The SMILES string of the molecule is Nc1ccc(S(=O)(=O)Nc2ccc3oc(=O)[nH]c3c2)cc1. The molecular weight excluding hydrogens is 294 g/mol. The molecule has 3 rings (SSSR count). The minimum absolute atomic E-state index is 0.0949. The fraction of sp³-hybridized carbons (Fsp3) is 0. The predicted octanol–water partition coefficient (Wildman–Crippen LogP) is 1.50. The summed E-state index contributed by atoms with van der Waals surface area (Å²) in [5.74, 6) is -0.594. The van der Waals surface area contributed by atoms with Crippen molar-refractivity contribution >= 4 is 32.5 Å². The molecule has 3 aromatic rings. The van der Waals surface area contributed by atoms with E-state index >= 15 is 0 Å². The summed E-state index contributed by atoms with van der Waals surface area (Å²) in [7, 11) is -3.72. The topological polar surface area (TPSA) is 118 Å². The molecule has 7 nitrogen and oxygen atoms in total. The lowest BCUT2D eigenvalue weighted by Crippen LogP contribution is -2.12.